The normalized spacial score (nSPS) is 15.0. The first-order chi connectivity index (χ1) is 12.1. The van der Waals surface area contributed by atoms with Gasteiger partial charge in [-0.25, -0.2) is 4.39 Å². The van der Waals surface area contributed by atoms with Crippen molar-refractivity contribution in [3.63, 3.8) is 0 Å². The molecule has 1 N–H and O–H groups in total. The summed E-state index contributed by atoms with van der Waals surface area (Å²) in [5, 5.41) is 3.03. The molecule has 25 heavy (non-hydrogen) atoms. The Labute approximate surface area is 146 Å². The maximum atomic E-state index is 13.7. The van der Waals surface area contributed by atoms with Crippen molar-refractivity contribution in [2.75, 3.05) is 13.1 Å². The minimum absolute atomic E-state index is 0.00918. The molecule has 1 saturated heterocycles. The standard InChI is InChI=1S/C20H21FN2O2/c21-18-9-5-4-8-17(18)20(25)23-12-10-16(11-13-23)22-19(24)14-15-6-2-1-3-7-15/h1-9,16H,10-14H2,(H,22,24). The van der Waals surface area contributed by atoms with Crippen molar-refractivity contribution in [2.45, 2.75) is 25.3 Å². The number of likely N-dealkylation sites (tertiary alicyclic amines) is 1. The fourth-order valence-corrected chi connectivity index (χ4v) is 3.09. The number of amides is 2. The first-order valence-corrected chi connectivity index (χ1v) is 8.50. The number of hydrogen-bond donors (Lipinski definition) is 1. The molecule has 2 aromatic carbocycles. The van der Waals surface area contributed by atoms with E-state index in [2.05, 4.69) is 5.32 Å². The number of benzene rings is 2. The molecule has 0 atom stereocenters. The summed E-state index contributed by atoms with van der Waals surface area (Å²) in [5.74, 6) is -0.789. The number of nitrogens with one attached hydrogen (secondary N) is 1. The summed E-state index contributed by atoms with van der Waals surface area (Å²) in [6.45, 7) is 1.03. The van der Waals surface area contributed by atoms with Crippen LogP contribution < -0.4 is 5.32 Å². The first kappa shape index (κ1) is 17.1. The summed E-state index contributed by atoms with van der Waals surface area (Å²) in [7, 11) is 0. The van der Waals surface area contributed by atoms with Crippen LogP contribution in [0.15, 0.2) is 54.6 Å². The van der Waals surface area contributed by atoms with Gasteiger partial charge in [-0.15, -0.1) is 0 Å². The summed E-state index contributed by atoms with van der Waals surface area (Å²) >= 11 is 0. The number of halogens is 1. The third-order valence-electron chi connectivity index (χ3n) is 4.46. The Morgan fingerprint density at radius 1 is 1.00 bits per heavy atom. The van der Waals surface area contributed by atoms with E-state index in [4.69, 9.17) is 0 Å². The van der Waals surface area contributed by atoms with Crippen LogP contribution in [-0.4, -0.2) is 35.8 Å². The number of piperidine rings is 1. The predicted octanol–water partition coefficient (Wildman–Crippen LogP) is 2.79. The van der Waals surface area contributed by atoms with Gasteiger partial charge < -0.3 is 10.2 Å². The van der Waals surface area contributed by atoms with Crippen molar-refractivity contribution in [1.82, 2.24) is 10.2 Å². The van der Waals surface area contributed by atoms with Gasteiger partial charge >= 0.3 is 0 Å². The molecule has 0 saturated carbocycles. The lowest BCUT2D eigenvalue weighted by Crippen LogP contribution is -2.47. The van der Waals surface area contributed by atoms with Crippen LogP contribution in [0.3, 0.4) is 0 Å². The molecule has 1 fully saturated rings. The highest BCUT2D eigenvalue weighted by atomic mass is 19.1. The Balaban J connectivity index is 1.49. The molecule has 2 amide bonds. The number of rotatable bonds is 4. The number of hydrogen-bond acceptors (Lipinski definition) is 2. The molecule has 2 aromatic rings. The smallest absolute Gasteiger partial charge is 0.256 e. The average Bonchev–Trinajstić information content (AvgIpc) is 2.63. The SMILES string of the molecule is O=C(Cc1ccccc1)NC1CCN(C(=O)c2ccccc2F)CC1. The minimum atomic E-state index is -0.495. The molecule has 0 unspecified atom stereocenters. The Kier molecular flexibility index (Phi) is 5.43. The van der Waals surface area contributed by atoms with Crippen LogP contribution >= 0.6 is 0 Å². The van der Waals surface area contributed by atoms with E-state index in [1.165, 1.54) is 12.1 Å². The summed E-state index contributed by atoms with van der Waals surface area (Å²) in [4.78, 5) is 26.2. The fourth-order valence-electron chi connectivity index (χ4n) is 3.09. The van der Waals surface area contributed by atoms with E-state index in [1.807, 2.05) is 30.3 Å². The zero-order chi connectivity index (χ0) is 17.6. The lowest BCUT2D eigenvalue weighted by Gasteiger charge is -2.32. The molecule has 5 heteroatoms. The number of carbonyl (C=O) groups is 2. The molecule has 0 aliphatic carbocycles. The second-order valence-electron chi connectivity index (χ2n) is 6.28. The molecule has 4 nitrogen and oxygen atoms in total. The number of nitrogens with zero attached hydrogens (tertiary/aromatic N) is 1. The minimum Gasteiger partial charge on any atom is -0.353 e. The summed E-state index contributed by atoms with van der Waals surface area (Å²) < 4.78 is 13.7. The van der Waals surface area contributed by atoms with Crippen LogP contribution in [0.25, 0.3) is 0 Å². The topological polar surface area (TPSA) is 49.4 Å². The van der Waals surface area contributed by atoms with Crippen LogP contribution in [-0.2, 0) is 11.2 Å². The second kappa shape index (κ2) is 7.92. The van der Waals surface area contributed by atoms with E-state index >= 15 is 0 Å². The molecule has 0 aromatic heterocycles. The lowest BCUT2D eigenvalue weighted by molar-refractivity contribution is -0.121. The summed E-state index contributed by atoms with van der Waals surface area (Å²) in [6.07, 6.45) is 1.72. The predicted molar refractivity (Wildman–Crippen MR) is 93.6 cm³/mol. The van der Waals surface area contributed by atoms with E-state index in [9.17, 15) is 14.0 Å². The molecular formula is C20H21FN2O2. The molecule has 0 radical (unpaired) electrons. The van der Waals surface area contributed by atoms with Gasteiger partial charge in [-0.3, -0.25) is 9.59 Å². The van der Waals surface area contributed by atoms with E-state index in [0.29, 0.717) is 32.4 Å². The van der Waals surface area contributed by atoms with Crippen LogP contribution in [0.4, 0.5) is 4.39 Å². The van der Waals surface area contributed by atoms with Gasteiger partial charge in [0.1, 0.15) is 5.82 Å². The molecule has 0 spiro atoms. The Morgan fingerprint density at radius 3 is 2.32 bits per heavy atom. The van der Waals surface area contributed by atoms with Gasteiger partial charge in [-0.05, 0) is 30.5 Å². The van der Waals surface area contributed by atoms with E-state index < -0.39 is 5.82 Å². The van der Waals surface area contributed by atoms with Gasteiger partial charge in [0.25, 0.3) is 5.91 Å². The molecular weight excluding hydrogens is 319 g/mol. The Hall–Kier alpha value is -2.69. The summed E-state index contributed by atoms with van der Waals surface area (Å²) in [5.41, 5.74) is 1.08. The first-order valence-electron chi connectivity index (χ1n) is 8.50. The highest BCUT2D eigenvalue weighted by Gasteiger charge is 2.25. The molecule has 1 heterocycles. The van der Waals surface area contributed by atoms with Gasteiger partial charge in [0.15, 0.2) is 0 Å². The van der Waals surface area contributed by atoms with Crippen molar-refractivity contribution in [3.8, 4) is 0 Å². The summed E-state index contributed by atoms with van der Waals surface area (Å²) in [6, 6.07) is 15.7. The quantitative estimate of drug-likeness (QED) is 0.930. The molecule has 1 aliphatic rings. The van der Waals surface area contributed by atoms with Gasteiger partial charge in [0, 0.05) is 19.1 Å². The van der Waals surface area contributed by atoms with E-state index in [1.54, 1.807) is 17.0 Å². The molecule has 3 rings (SSSR count). The highest BCUT2D eigenvalue weighted by Crippen LogP contribution is 2.16. The zero-order valence-corrected chi connectivity index (χ0v) is 14.0. The van der Waals surface area contributed by atoms with Crippen LogP contribution in [0, 0.1) is 5.82 Å². The van der Waals surface area contributed by atoms with Crippen molar-refractivity contribution < 1.29 is 14.0 Å². The lowest BCUT2D eigenvalue weighted by atomic mass is 10.0. The van der Waals surface area contributed by atoms with Gasteiger partial charge in [-0.2, -0.15) is 0 Å². The van der Waals surface area contributed by atoms with Crippen molar-refractivity contribution in [3.05, 3.63) is 71.5 Å². The largest absolute Gasteiger partial charge is 0.353 e. The van der Waals surface area contributed by atoms with Crippen LogP contribution in [0.1, 0.15) is 28.8 Å². The third kappa shape index (κ3) is 4.44. The second-order valence-corrected chi connectivity index (χ2v) is 6.28. The maximum Gasteiger partial charge on any atom is 0.256 e. The molecule has 0 bridgehead atoms. The Bertz CT molecular complexity index is 740. The molecule has 130 valence electrons. The third-order valence-corrected chi connectivity index (χ3v) is 4.46. The van der Waals surface area contributed by atoms with E-state index in [0.717, 1.165) is 5.56 Å². The van der Waals surface area contributed by atoms with E-state index in [-0.39, 0.29) is 23.4 Å². The monoisotopic (exact) mass is 340 g/mol. The maximum absolute atomic E-state index is 13.7. The highest BCUT2D eigenvalue weighted by molar-refractivity contribution is 5.94. The number of carbonyl (C=O) groups excluding carboxylic acids is 2. The van der Waals surface area contributed by atoms with Gasteiger partial charge in [0.05, 0.1) is 12.0 Å². The van der Waals surface area contributed by atoms with Gasteiger partial charge in [-0.1, -0.05) is 42.5 Å². The van der Waals surface area contributed by atoms with Crippen molar-refractivity contribution in [1.29, 1.82) is 0 Å². The van der Waals surface area contributed by atoms with Gasteiger partial charge in [0.2, 0.25) is 5.91 Å². The molecule has 1 aliphatic heterocycles. The Morgan fingerprint density at radius 2 is 1.64 bits per heavy atom. The van der Waals surface area contributed by atoms with Crippen molar-refractivity contribution in [2.24, 2.45) is 0 Å². The van der Waals surface area contributed by atoms with Crippen LogP contribution in [0.2, 0.25) is 0 Å². The zero-order valence-electron chi connectivity index (χ0n) is 14.0. The van der Waals surface area contributed by atoms with Crippen molar-refractivity contribution >= 4 is 11.8 Å². The fraction of sp³-hybridized carbons (Fsp3) is 0.300. The van der Waals surface area contributed by atoms with Crippen LogP contribution in [0.5, 0.6) is 0 Å². The average molecular weight is 340 g/mol.